The number of nitrogens with zero attached hydrogens (tertiary/aromatic N) is 2. The average Bonchev–Trinajstić information content (AvgIpc) is 2.97. The standard InChI is InChI=1S/C31H38FN3O5S/c1-5-7-20-33-31(37)29(6-2)34(21-24-10-16-27(40-4)17-11-24)30(36)22-35(26-14-8-23(3)9-15-26)41(38,39)28-18-12-25(32)13-19-28/h8-19,29H,5-7,20-22H2,1-4H3,(H,33,37)/t29-/m0/s1. The van der Waals surface area contributed by atoms with Crippen LogP contribution in [0.25, 0.3) is 0 Å². The Labute approximate surface area is 242 Å². The van der Waals surface area contributed by atoms with Crippen LogP contribution >= 0.6 is 0 Å². The van der Waals surface area contributed by atoms with Crippen LogP contribution in [0.5, 0.6) is 5.75 Å². The van der Waals surface area contributed by atoms with Gasteiger partial charge in [0.1, 0.15) is 24.2 Å². The third-order valence-electron chi connectivity index (χ3n) is 6.73. The Hall–Kier alpha value is -3.92. The Morgan fingerprint density at radius 2 is 1.59 bits per heavy atom. The van der Waals surface area contributed by atoms with Gasteiger partial charge in [0.15, 0.2) is 0 Å². The van der Waals surface area contributed by atoms with E-state index in [1.807, 2.05) is 20.8 Å². The molecule has 41 heavy (non-hydrogen) atoms. The normalized spacial score (nSPS) is 11.9. The zero-order chi connectivity index (χ0) is 30.0. The number of benzene rings is 3. The van der Waals surface area contributed by atoms with Crippen LogP contribution in [0.4, 0.5) is 10.1 Å². The number of rotatable bonds is 14. The molecule has 0 spiro atoms. The number of sulfonamides is 1. The maximum Gasteiger partial charge on any atom is 0.264 e. The topological polar surface area (TPSA) is 96.0 Å². The van der Waals surface area contributed by atoms with E-state index in [1.54, 1.807) is 55.6 Å². The van der Waals surface area contributed by atoms with Gasteiger partial charge in [-0.15, -0.1) is 0 Å². The van der Waals surface area contributed by atoms with Crippen LogP contribution in [0.2, 0.25) is 0 Å². The van der Waals surface area contributed by atoms with Crippen molar-refractivity contribution in [2.75, 3.05) is 24.5 Å². The molecule has 0 saturated carbocycles. The van der Waals surface area contributed by atoms with Gasteiger partial charge in [0.05, 0.1) is 17.7 Å². The number of carbonyl (C=O) groups is 2. The maximum atomic E-state index is 14.0. The predicted octanol–water partition coefficient (Wildman–Crippen LogP) is 5.06. The van der Waals surface area contributed by atoms with Crippen molar-refractivity contribution in [2.45, 2.75) is 57.5 Å². The lowest BCUT2D eigenvalue weighted by Gasteiger charge is -2.33. The van der Waals surface area contributed by atoms with Crippen LogP contribution in [0.1, 0.15) is 44.2 Å². The molecule has 3 aromatic carbocycles. The lowest BCUT2D eigenvalue weighted by molar-refractivity contribution is -0.140. The number of unbranched alkanes of at least 4 members (excludes halogenated alkanes) is 1. The van der Waals surface area contributed by atoms with E-state index in [4.69, 9.17) is 4.74 Å². The molecule has 0 aliphatic carbocycles. The summed E-state index contributed by atoms with van der Waals surface area (Å²) in [5.74, 6) is -0.782. The summed E-state index contributed by atoms with van der Waals surface area (Å²) in [6.07, 6.45) is 2.03. The largest absolute Gasteiger partial charge is 0.497 e. The van der Waals surface area contributed by atoms with Gasteiger partial charge in [-0.25, -0.2) is 12.8 Å². The molecule has 0 aliphatic heterocycles. The molecule has 3 rings (SSSR count). The van der Waals surface area contributed by atoms with Crippen LogP contribution in [-0.4, -0.2) is 51.4 Å². The minimum atomic E-state index is -4.26. The Balaban J connectivity index is 2.02. The highest BCUT2D eigenvalue weighted by molar-refractivity contribution is 7.92. The van der Waals surface area contributed by atoms with E-state index in [1.165, 1.54) is 17.0 Å². The number of hydrogen-bond acceptors (Lipinski definition) is 5. The smallest absolute Gasteiger partial charge is 0.264 e. The first kappa shape index (κ1) is 31.6. The van der Waals surface area contributed by atoms with Crippen LogP contribution < -0.4 is 14.4 Å². The molecular formula is C31H38FN3O5S. The second-order valence-corrected chi connectivity index (χ2v) is 11.6. The van der Waals surface area contributed by atoms with Crippen LogP contribution in [0.3, 0.4) is 0 Å². The summed E-state index contributed by atoms with van der Waals surface area (Å²) in [5.41, 5.74) is 1.94. The quantitative estimate of drug-likeness (QED) is 0.268. The van der Waals surface area contributed by atoms with Gasteiger partial charge in [-0.05, 0) is 73.9 Å². The number of amides is 2. The summed E-state index contributed by atoms with van der Waals surface area (Å²) < 4.78 is 47.5. The van der Waals surface area contributed by atoms with Gasteiger partial charge >= 0.3 is 0 Å². The highest BCUT2D eigenvalue weighted by Gasteiger charge is 2.33. The highest BCUT2D eigenvalue weighted by Crippen LogP contribution is 2.26. The minimum absolute atomic E-state index is 0.0842. The van der Waals surface area contributed by atoms with E-state index in [2.05, 4.69) is 5.32 Å². The number of ether oxygens (including phenoxy) is 1. The predicted molar refractivity (Wildman–Crippen MR) is 158 cm³/mol. The van der Waals surface area contributed by atoms with Crippen LogP contribution in [0, 0.1) is 12.7 Å². The number of anilines is 1. The molecular weight excluding hydrogens is 545 g/mol. The minimum Gasteiger partial charge on any atom is -0.497 e. The number of halogens is 1. The molecule has 0 aromatic heterocycles. The molecule has 0 radical (unpaired) electrons. The van der Waals surface area contributed by atoms with Crippen molar-refractivity contribution in [3.05, 3.63) is 89.7 Å². The summed E-state index contributed by atoms with van der Waals surface area (Å²) in [5, 5.41) is 2.91. The number of hydrogen-bond donors (Lipinski definition) is 1. The molecule has 0 unspecified atom stereocenters. The molecule has 0 bridgehead atoms. The Morgan fingerprint density at radius 3 is 2.15 bits per heavy atom. The van der Waals surface area contributed by atoms with Gasteiger partial charge in [-0.2, -0.15) is 0 Å². The third-order valence-corrected chi connectivity index (χ3v) is 8.52. The van der Waals surface area contributed by atoms with Gasteiger partial charge < -0.3 is 15.0 Å². The fourth-order valence-corrected chi connectivity index (χ4v) is 5.74. The number of nitrogens with one attached hydrogen (secondary N) is 1. The van der Waals surface area contributed by atoms with Crippen LogP contribution in [0.15, 0.2) is 77.7 Å². The number of methoxy groups -OCH3 is 1. The summed E-state index contributed by atoms with van der Waals surface area (Å²) >= 11 is 0. The number of aryl methyl sites for hydroxylation is 1. The molecule has 2 amide bonds. The molecule has 0 aliphatic rings. The third kappa shape index (κ3) is 8.29. The van der Waals surface area contributed by atoms with E-state index < -0.39 is 34.3 Å². The van der Waals surface area contributed by atoms with Gasteiger partial charge in [0.2, 0.25) is 11.8 Å². The summed E-state index contributed by atoms with van der Waals surface area (Å²) in [6, 6.07) is 17.5. The molecule has 3 aromatic rings. The molecule has 0 saturated heterocycles. The van der Waals surface area contributed by atoms with E-state index in [0.717, 1.165) is 40.4 Å². The van der Waals surface area contributed by atoms with Crippen molar-refractivity contribution >= 4 is 27.5 Å². The Morgan fingerprint density at radius 1 is 0.951 bits per heavy atom. The van der Waals surface area contributed by atoms with Crippen LogP contribution in [-0.2, 0) is 26.2 Å². The second-order valence-electron chi connectivity index (χ2n) is 9.74. The SMILES string of the molecule is CCCCNC(=O)[C@H](CC)N(Cc1ccc(OC)cc1)C(=O)CN(c1ccc(C)cc1)S(=O)(=O)c1ccc(F)cc1. The average molecular weight is 584 g/mol. The monoisotopic (exact) mass is 583 g/mol. The summed E-state index contributed by atoms with van der Waals surface area (Å²) in [7, 11) is -2.71. The van der Waals surface area contributed by atoms with Crippen molar-refractivity contribution in [3.8, 4) is 5.75 Å². The van der Waals surface area contributed by atoms with Crippen molar-refractivity contribution in [1.82, 2.24) is 10.2 Å². The fourth-order valence-electron chi connectivity index (χ4n) is 4.33. The molecule has 1 N–H and O–H groups in total. The second kappa shape index (κ2) is 14.6. The first-order valence-electron chi connectivity index (χ1n) is 13.7. The Kier molecular flexibility index (Phi) is 11.3. The van der Waals surface area contributed by atoms with Gasteiger partial charge in [0.25, 0.3) is 10.0 Å². The summed E-state index contributed by atoms with van der Waals surface area (Å²) in [6.45, 7) is 5.70. The zero-order valence-corrected chi connectivity index (χ0v) is 24.8. The maximum absolute atomic E-state index is 14.0. The lowest BCUT2D eigenvalue weighted by atomic mass is 10.1. The first-order chi connectivity index (χ1) is 19.6. The molecule has 220 valence electrons. The van der Waals surface area contributed by atoms with Gasteiger partial charge in [-0.1, -0.05) is 50.1 Å². The van der Waals surface area contributed by atoms with Gasteiger partial charge in [0, 0.05) is 13.1 Å². The molecule has 10 heteroatoms. The van der Waals surface area contributed by atoms with Crippen molar-refractivity contribution in [2.24, 2.45) is 0 Å². The van der Waals surface area contributed by atoms with Crippen molar-refractivity contribution < 1.29 is 27.1 Å². The van der Waals surface area contributed by atoms with E-state index >= 15 is 0 Å². The summed E-state index contributed by atoms with van der Waals surface area (Å²) in [4.78, 5) is 28.5. The molecule has 8 nitrogen and oxygen atoms in total. The van der Waals surface area contributed by atoms with Gasteiger partial charge in [-0.3, -0.25) is 13.9 Å². The fraction of sp³-hybridized carbons (Fsp3) is 0.355. The van der Waals surface area contributed by atoms with E-state index in [0.29, 0.717) is 18.7 Å². The molecule has 1 atom stereocenters. The van der Waals surface area contributed by atoms with E-state index in [9.17, 15) is 22.4 Å². The van der Waals surface area contributed by atoms with E-state index in [-0.39, 0.29) is 23.0 Å². The molecule has 0 fully saturated rings. The zero-order valence-electron chi connectivity index (χ0n) is 24.0. The Bertz CT molecular complexity index is 1400. The molecule has 0 heterocycles. The lowest BCUT2D eigenvalue weighted by Crippen LogP contribution is -2.52. The number of carbonyl (C=O) groups excluding carboxylic acids is 2. The first-order valence-corrected chi connectivity index (χ1v) is 15.1. The highest BCUT2D eigenvalue weighted by atomic mass is 32.2. The van der Waals surface area contributed by atoms with Crippen molar-refractivity contribution in [1.29, 1.82) is 0 Å². The van der Waals surface area contributed by atoms with Crippen molar-refractivity contribution in [3.63, 3.8) is 0 Å².